The van der Waals surface area contributed by atoms with Crippen LogP contribution < -0.4 is 0 Å². The van der Waals surface area contributed by atoms with Crippen LogP contribution in [0.15, 0.2) is 5.95 Å². The summed E-state index contributed by atoms with van der Waals surface area (Å²) in [4.78, 5) is 2.33. The molecule has 0 rings (SSSR count). The molecule has 0 aromatic carbocycles. The maximum atomic E-state index is 10.1. The molecule has 0 spiro atoms. The van der Waals surface area contributed by atoms with Crippen LogP contribution in [0.5, 0.6) is 0 Å². The summed E-state index contributed by atoms with van der Waals surface area (Å²) in [7, 11) is 0. The van der Waals surface area contributed by atoms with E-state index < -0.39 is 5.95 Å². The van der Waals surface area contributed by atoms with E-state index >= 15 is 0 Å². The van der Waals surface area contributed by atoms with Gasteiger partial charge in [0.2, 0.25) is 0 Å². The van der Waals surface area contributed by atoms with Gasteiger partial charge in [-0.15, -0.1) is 4.79 Å². The van der Waals surface area contributed by atoms with Gasteiger partial charge in [-0.1, -0.05) is 0 Å². The van der Waals surface area contributed by atoms with E-state index in [1.54, 1.807) is 12.8 Å². The van der Waals surface area contributed by atoms with Crippen molar-refractivity contribution in [3.63, 3.8) is 0 Å². The average molecular weight is 113 g/mol. The van der Waals surface area contributed by atoms with Crippen molar-refractivity contribution in [3.05, 3.63) is 11.5 Å². The molecule has 0 saturated carbocycles. The highest BCUT2D eigenvalue weighted by Gasteiger charge is 1.93. The summed E-state index contributed by atoms with van der Waals surface area (Å²) in [6.45, 7) is 1.91. The minimum absolute atomic E-state index is 0.265. The van der Waals surface area contributed by atoms with E-state index in [0.29, 0.717) is 0 Å². The van der Waals surface area contributed by atoms with Crippen molar-refractivity contribution in [1.82, 2.24) is 0 Å². The van der Waals surface area contributed by atoms with Gasteiger partial charge in [0.05, 0.1) is 6.61 Å². The van der Waals surface area contributed by atoms with Gasteiger partial charge in [0.15, 0.2) is 0 Å². The molecular weight excluding hydrogens is 108 g/mol. The van der Waals surface area contributed by atoms with Gasteiger partial charge in [-0.05, 0) is 6.92 Å². The van der Waals surface area contributed by atoms with Crippen LogP contribution in [-0.2, 0) is 9.84 Å². The molecule has 0 unspecified atom stereocenters. The van der Waals surface area contributed by atoms with Crippen molar-refractivity contribution in [2.45, 2.75) is 6.92 Å². The summed E-state index contributed by atoms with van der Waals surface area (Å²) in [5.74, 6) is 0.911. The van der Waals surface area contributed by atoms with E-state index in [1.807, 2.05) is 0 Å². The lowest BCUT2D eigenvalue weighted by atomic mass is 10.8. The Labute approximate surface area is 46.6 Å². The summed E-state index contributed by atoms with van der Waals surface area (Å²) in [5.41, 5.74) is 7.68. The van der Waals surface area contributed by atoms with Crippen molar-refractivity contribution in [3.8, 4) is 0 Å². The van der Waals surface area contributed by atoms with Gasteiger partial charge in [0, 0.05) is 0 Å². The third kappa shape index (κ3) is 2.97. The fourth-order valence-corrected chi connectivity index (χ4v) is 0.204. The van der Waals surface area contributed by atoms with Crippen LogP contribution in [-0.4, -0.2) is 17.3 Å². The lowest BCUT2D eigenvalue weighted by molar-refractivity contribution is -0.00816. The second kappa shape index (κ2) is 3.93. The molecule has 0 aliphatic carbocycles. The van der Waals surface area contributed by atoms with Crippen LogP contribution in [0.1, 0.15) is 6.92 Å². The lowest BCUT2D eigenvalue weighted by Gasteiger charge is -1.86. The lowest BCUT2D eigenvalue weighted by Crippen LogP contribution is -1.87. The summed E-state index contributed by atoms with van der Waals surface area (Å²) in [6, 6.07) is 0. The van der Waals surface area contributed by atoms with Crippen LogP contribution in [0.2, 0.25) is 0 Å². The smallest absolute Gasteiger partial charge is 0.452 e. The molecule has 0 aromatic heterocycles. The van der Waals surface area contributed by atoms with Gasteiger partial charge in [0.25, 0.3) is 0 Å². The normalized spacial score (nSPS) is 6.62. The Morgan fingerprint density at radius 3 is 3.00 bits per heavy atom. The third-order valence-corrected chi connectivity index (χ3v) is 0.417. The van der Waals surface area contributed by atoms with E-state index in [0.717, 1.165) is 0 Å². The summed E-state index contributed by atoms with van der Waals surface area (Å²) >= 11 is 0. The molecule has 0 N–H and O–H groups in total. The van der Waals surface area contributed by atoms with Crippen molar-refractivity contribution in [2.24, 2.45) is 0 Å². The van der Waals surface area contributed by atoms with Crippen molar-refractivity contribution in [2.75, 3.05) is 6.61 Å². The Hall–Kier alpha value is -1.24. The maximum Gasteiger partial charge on any atom is 0.459 e. The Balaban J connectivity index is 3.81. The summed E-state index contributed by atoms with van der Waals surface area (Å²) < 4.78 is 4.28. The molecule has 1 radical (unpaired) electrons. The number of hydrogen-bond donors (Lipinski definition) is 0. The first-order valence-corrected chi connectivity index (χ1v) is 2.08. The summed E-state index contributed by atoms with van der Waals surface area (Å²) in [6.07, 6.45) is 0. The average Bonchev–Trinajstić information content (AvgIpc) is 1.68. The van der Waals surface area contributed by atoms with Gasteiger partial charge in [-0.3, -0.25) is 0 Å². The zero-order valence-corrected chi connectivity index (χ0v) is 4.42. The van der Waals surface area contributed by atoms with E-state index in [9.17, 15) is 5.11 Å². The van der Waals surface area contributed by atoms with Gasteiger partial charge in [0.1, 0.15) is 0 Å². The van der Waals surface area contributed by atoms with Crippen LogP contribution in [0.4, 0.5) is 0 Å². The van der Waals surface area contributed by atoms with Gasteiger partial charge in [-0.25, -0.2) is 5.11 Å². The van der Waals surface area contributed by atoms with Crippen LogP contribution >= 0.6 is 0 Å². The predicted molar refractivity (Wildman–Crippen MR) is 24.5 cm³/mol. The number of hydrogen-bond acceptors (Lipinski definition) is 1. The monoisotopic (exact) mass is 113 g/mol. The molecule has 0 bridgehead atoms. The molecule has 0 aliphatic rings. The van der Waals surface area contributed by atoms with Gasteiger partial charge in [-0.2, -0.15) is 0 Å². The second-order valence-electron chi connectivity index (χ2n) is 0.932. The van der Waals surface area contributed by atoms with E-state index in [-0.39, 0.29) is 6.61 Å². The second-order valence-corrected chi connectivity index (χ2v) is 0.932. The molecule has 0 saturated heterocycles. The molecule has 0 heterocycles. The highest BCUT2D eigenvalue weighted by molar-refractivity contribution is 5.45. The largest absolute Gasteiger partial charge is 0.459 e. The molecule has 0 aliphatic heterocycles. The van der Waals surface area contributed by atoms with Crippen LogP contribution in [0.3, 0.4) is 0 Å². The number of rotatable bonds is 2. The number of nitrogens with zero attached hydrogens (tertiary/aromatic N) is 2. The van der Waals surface area contributed by atoms with Crippen LogP contribution in [0.25, 0.3) is 5.53 Å². The topological polar surface area (TPSA) is 65.5 Å². The Kier molecular flexibility index (Phi) is 3.32. The van der Waals surface area contributed by atoms with Gasteiger partial charge >= 0.3 is 11.8 Å². The Bertz CT molecular complexity index is 142. The van der Waals surface area contributed by atoms with Crippen molar-refractivity contribution < 1.29 is 14.6 Å². The first kappa shape index (κ1) is 6.76. The standard InChI is InChI=1S/C4H5N2O2/c1-2-8-4(7)3-6-5/h2H2,1H3. The molecule has 4 nitrogen and oxygen atoms in total. The molecule has 0 fully saturated rings. The molecule has 43 valence electrons. The fourth-order valence-electron chi connectivity index (χ4n) is 0.204. The van der Waals surface area contributed by atoms with Gasteiger partial charge < -0.3 is 10.3 Å². The van der Waals surface area contributed by atoms with E-state index in [4.69, 9.17) is 5.53 Å². The number of ether oxygens (including phenoxy) is 1. The third-order valence-electron chi connectivity index (χ3n) is 0.417. The molecule has 0 amide bonds. The molecular formula is C4H5N2O2. The highest BCUT2D eigenvalue weighted by Crippen LogP contribution is 1.81. The van der Waals surface area contributed by atoms with Crippen molar-refractivity contribution in [1.29, 1.82) is 0 Å². The zero-order chi connectivity index (χ0) is 6.41. The first-order valence-electron chi connectivity index (χ1n) is 2.08. The minimum Gasteiger partial charge on any atom is -0.452 e. The summed E-state index contributed by atoms with van der Waals surface area (Å²) in [5, 5.41) is 10.1. The fraction of sp³-hybridized carbons (Fsp3) is 0.500. The Morgan fingerprint density at radius 2 is 2.62 bits per heavy atom. The quantitative estimate of drug-likeness (QED) is 0.218. The molecule has 0 aromatic rings. The van der Waals surface area contributed by atoms with E-state index in [1.165, 1.54) is 0 Å². The SMILES string of the molecule is CCOC([O])=C=[N+]=[N-]. The van der Waals surface area contributed by atoms with Crippen molar-refractivity contribution >= 4 is 5.87 Å². The molecule has 0 atom stereocenters. The first-order chi connectivity index (χ1) is 3.81. The van der Waals surface area contributed by atoms with E-state index in [2.05, 4.69) is 9.53 Å². The van der Waals surface area contributed by atoms with Crippen LogP contribution in [0, 0.1) is 0 Å². The molecule has 8 heavy (non-hydrogen) atoms. The maximum absolute atomic E-state index is 10.1. The minimum atomic E-state index is -0.755. The predicted octanol–water partition coefficient (Wildman–Crippen LogP) is 0.194. The Morgan fingerprint density at radius 1 is 2.00 bits per heavy atom. The zero-order valence-electron chi connectivity index (χ0n) is 4.42. The highest BCUT2D eigenvalue weighted by atomic mass is 16.6. The molecule has 4 heteroatoms.